The van der Waals surface area contributed by atoms with Gasteiger partial charge in [-0.05, 0) is 43.4 Å². The largest absolute Gasteiger partial charge is 0.511 e. The van der Waals surface area contributed by atoms with E-state index in [2.05, 4.69) is 10.1 Å². The molecule has 8 heteroatoms. The fourth-order valence-electron chi connectivity index (χ4n) is 4.59. The van der Waals surface area contributed by atoms with Crippen molar-refractivity contribution in [3.8, 4) is 11.5 Å². The topological polar surface area (TPSA) is 111 Å². The van der Waals surface area contributed by atoms with Crippen LogP contribution in [0.4, 0.5) is 0 Å². The second kappa shape index (κ2) is 10.7. The van der Waals surface area contributed by atoms with E-state index >= 15 is 0 Å². The van der Waals surface area contributed by atoms with Gasteiger partial charge in [0.1, 0.15) is 11.5 Å². The van der Waals surface area contributed by atoms with E-state index in [1.165, 1.54) is 0 Å². The molecule has 0 unspecified atom stereocenters. The monoisotopic (exact) mass is 466 g/mol. The maximum Gasteiger partial charge on any atom is 0.168 e. The third-order valence-electron chi connectivity index (χ3n) is 6.34. The molecule has 1 saturated carbocycles. The van der Waals surface area contributed by atoms with Gasteiger partial charge in [-0.2, -0.15) is 0 Å². The number of carbonyl (C=O) groups excluding carboxylic acids is 2. The van der Waals surface area contributed by atoms with Crippen molar-refractivity contribution in [3.63, 3.8) is 0 Å². The summed E-state index contributed by atoms with van der Waals surface area (Å²) in [5.41, 5.74) is 3.12. The van der Waals surface area contributed by atoms with E-state index in [9.17, 15) is 14.7 Å². The number of nitrogens with zero attached hydrogens (tertiary/aromatic N) is 2. The molecule has 2 aliphatic carbocycles. The number of fused-ring (bicyclic) bond motifs is 1. The van der Waals surface area contributed by atoms with E-state index in [0.29, 0.717) is 84.9 Å². The number of allylic oxidation sites excluding steroid dienone is 2. The molecule has 1 heterocycles. The summed E-state index contributed by atoms with van der Waals surface area (Å²) in [4.78, 5) is 29.6. The van der Waals surface area contributed by atoms with Crippen LogP contribution in [0, 0.1) is 0 Å². The van der Waals surface area contributed by atoms with Gasteiger partial charge in [0.05, 0.1) is 31.1 Å². The van der Waals surface area contributed by atoms with Gasteiger partial charge >= 0.3 is 0 Å². The molecular weight excluding hydrogens is 436 g/mol. The highest BCUT2D eigenvalue weighted by molar-refractivity contribution is 6.24. The lowest BCUT2D eigenvalue weighted by Gasteiger charge is -2.18. The molecule has 2 aliphatic rings. The van der Waals surface area contributed by atoms with Gasteiger partial charge < -0.3 is 19.1 Å². The molecule has 8 nitrogen and oxygen atoms in total. The number of carbonyl (C=O) groups is 2. The zero-order chi connectivity index (χ0) is 24.1. The minimum atomic E-state index is -0.0909. The predicted octanol–water partition coefficient (Wildman–Crippen LogP) is 4.39. The highest BCUT2D eigenvalue weighted by atomic mass is 16.5. The van der Waals surface area contributed by atoms with E-state index in [1.54, 1.807) is 14.2 Å². The Morgan fingerprint density at radius 1 is 1.03 bits per heavy atom. The lowest BCUT2D eigenvalue weighted by molar-refractivity contribution is -0.115. The van der Waals surface area contributed by atoms with Crippen LogP contribution in [0.5, 0.6) is 11.5 Å². The van der Waals surface area contributed by atoms with E-state index in [1.807, 2.05) is 18.2 Å². The van der Waals surface area contributed by atoms with Crippen molar-refractivity contribution in [1.29, 1.82) is 0 Å². The van der Waals surface area contributed by atoms with Crippen molar-refractivity contribution in [3.05, 3.63) is 52.1 Å². The first-order valence-corrected chi connectivity index (χ1v) is 11.7. The Morgan fingerprint density at radius 2 is 1.79 bits per heavy atom. The zero-order valence-electron chi connectivity index (χ0n) is 19.7. The highest BCUT2D eigenvalue weighted by Crippen LogP contribution is 2.29. The summed E-state index contributed by atoms with van der Waals surface area (Å²) in [5.74, 6) is 1.91. The van der Waals surface area contributed by atoms with Gasteiger partial charge in [-0.3, -0.25) is 14.6 Å². The lowest BCUT2D eigenvalue weighted by atomic mass is 9.88. The van der Waals surface area contributed by atoms with Crippen LogP contribution < -0.4 is 9.47 Å². The smallest absolute Gasteiger partial charge is 0.168 e. The molecule has 0 amide bonds. The number of Topliss-reactive ketones (excluding diaryl/α,β-unsaturated/α-hetero) is 2. The zero-order valence-corrected chi connectivity index (χ0v) is 19.7. The Kier molecular flexibility index (Phi) is 7.45. The fourth-order valence-corrected chi connectivity index (χ4v) is 4.59. The summed E-state index contributed by atoms with van der Waals surface area (Å²) in [6, 6.07) is 5.73. The number of hydrogen-bond acceptors (Lipinski definition) is 8. The average Bonchev–Trinajstić information content (AvgIpc) is 3.27. The predicted molar refractivity (Wildman–Crippen MR) is 126 cm³/mol. The molecule has 1 fully saturated rings. The van der Waals surface area contributed by atoms with Crippen LogP contribution in [0.1, 0.15) is 65.9 Å². The Labute approximate surface area is 198 Å². The number of benzene rings is 1. The SMILES string of the molecule is COc1ccc(CCN=C2CCCC(=O)/C2=C(/O)CCc2noc3c2C(=O)CCC3)cc1OC. The van der Waals surface area contributed by atoms with Crippen LogP contribution in [0.25, 0.3) is 0 Å². The average molecular weight is 467 g/mol. The number of aromatic nitrogens is 1. The van der Waals surface area contributed by atoms with Gasteiger partial charge in [-0.15, -0.1) is 0 Å². The van der Waals surface area contributed by atoms with Crippen LogP contribution in [-0.4, -0.2) is 48.3 Å². The number of rotatable bonds is 8. The Morgan fingerprint density at radius 3 is 2.59 bits per heavy atom. The minimum Gasteiger partial charge on any atom is -0.511 e. The highest BCUT2D eigenvalue weighted by Gasteiger charge is 2.28. The molecule has 1 N–H and O–H groups in total. The third-order valence-corrected chi connectivity index (χ3v) is 6.34. The first-order chi connectivity index (χ1) is 16.5. The number of hydrogen-bond donors (Lipinski definition) is 1. The molecule has 0 radical (unpaired) electrons. The normalized spacial score (nSPS) is 18.7. The molecule has 0 aliphatic heterocycles. The second-order valence-electron chi connectivity index (χ2n) is 8.57. The quantitative estimate of drug-likeness (QED) is 0.454. The molecule has 1 aromatic heterocycles. The van der Waals surface area contributed by atoms with Crippen LogP contribution >= 0.6 is 0 Å². The third kappa shape index (κ3) is 5.05. The molecule has 34 heavy (non-hydrogen) atoms. The number of aryl methyl sites for hydroxylation is 2. The fraction of sp³-hybridized carbons (Fsp3) is 0.462. The van der Waals surface area contributed by atoms with Crippen LogP contribution in [0.15, 0.2) is 39.0 Å². The van der Waals surface area contributed by atoms with Gasteiger partial charge in [0.2, 0.25) is 0 Å². The summed E-state index contributed by atoms with van der Waals surface area (Å²) in [5, 5.41) is 14.9. The number of methoxy groups -OCH3 is 2. The molecule has 180 valence electrons. The number of ether oxygens (including phenoxy) is 2. The maximum absolute atomic E-state index is 12.7. The number of aliphatic imine (C=N–C) groups is 1. The number of aliphatic hydroxyl groups is 1. The van der Waals surface area contributed by atoms with Crippen LogP contribution in [0.3, 0.4) is 0 Å². The molecule has 2 aromatic rings. The number of aliphatic hydroxyl groups excluding tert-OH is 1. The van der Waals surface area contributed by atoms with E-state index in [-0.39, 0.29) is 23.7 Å². The molecule has 0 atom stereocenters. The van der Waals surface area contributed by atoms with E-state index in [4.69, 9.17) is 14.0 Å². The molecule has 4 rings (SSSR count). The first kappa shape index (κ1) is 23.7. The second-order valence-corrected chi connectivity index (χ2v) is 8.57. The molecule has 0 spiro atoms. The van der Waals surface area contributed by atoms with Crippen molar-refractivity contribution < 1.29 is 28.7 Å². The Hall–Kier alpha value is -3.42. The number of ketones is 2. The maximum atomic E-state index is 12.7. The molecule has 0 bridgehead atoms. The lowest BCUT2D eigenvalue weighted by Crippen LogP contribution is -2.22. The van der Waals surface area contributed by atoms with Crippen molar-refractivity contribution in [2.45, 2.75) is 57.8 Å². The molecule has 1 aromatic carbocycles. The summed E-state index contributed by atoms with van der Waals surface area (Å²) < 4.78 is 16.0. The van der Waals surface area contributed by atoms with Crippen LogP contribution in [-0.2, 0) is 24.1 Å². The standard InChI is InChI=1S/C26H30N2O6/c1-32-22-12-9-16(15-24(22)33-2)13-14-27-17-5-3-6-19(29)25(17)21(31)11-10-18-26-20(30)7-4-8-23(26)34-28-18/h9,12,15,31H,3-8,10-11,13-14H2,1-2H3/b25-21+,27-17?. The van der Waals surface area contributed by atoms with E-state index < -0.39 is 0 Å². The summed E-state index contributed by atoms with van der Waals surface area (Å²) in [6.45, 7) is 0.486. The van der Waals surface area contributed by atoms with Gasteiger partial charge in [-0.1, -0.05) is 11.2 Å². The molecule has 0 saturated heterocycles. The van der Waals surface area contributed by atoms with Crippen molar-refractivity contribution >= 4 is 17.3 Å². The van der Waals surface area contributed by atoms with Gasteiger partial charge in [0.25, 0.3) is 0 Å². The van der Waals surface area contributed by atoms with Crippen molar-refractivity contribution in [2.24, 2.45) is 4.99 Å². The molecular formula is C26H30N2O6. The van der Waals surface area contributed by atoms with Gasteiger partial charge in [0.15, 0.2) is 23.1 Å². The van der Waals surface area contributed by atoms with Crippen molar-refractivity contribution in [1.82, 2.24) is 5.16 Å². The van der Waals surface area contributed by atoms with Crippen LogP contribution in [0.2, 0.25) is 0 Å². The first-order valence-electron chi connectivity index (χ1n) is 11.7. The van der Waals surface area contributed by atoms with Crippen molar-refractivity contribution in [2.75, 3.05) is 20.8 Å². The van der Waals surface area contributed by atoms with Gasteiger partial charge in [0, 0.05) is 44.4 Å². The Bertz CT molecular complexity index is 1140. The summed E-state index contributed by atoms with van der Waals surface area (Å²) >= 11 is 0. The van der Waals surface area contributed by atoms with Gasteiger partial charge in [-0.25, -0.2) is 0 Å². The van der Waals surface area contributed by atoms with E-state index in [0.717, 1.165) is 18.4 Å². The minimum absolute atomic E-state index is 0.00887. The summed E-state index contributed by atoms with van der Waals surface area (Å²) in [7, 11) is 3.19. The Balaban J connectivity index is 1.47. The summed E-state index contributed by atoms with van der Waals surface area (Å²) in [6.07, 6.45) is 4.94.